The number of hydrogen-bond donors (Lipinski definition) is 3. The minimum Gasteiger partial charge on any atom is -0.389 e. The molecule has 0 aliphatic heterocycles. The molecule has 5 heteroatoms. The molecule has 0 spiro atoms. The van der Waals surface area contributed by atoms with E-state index in [1.54, 1.807) is 19.1 Å². The van der Waals surface area contributed by atoms with Crippen molar-refractivity contribution in [2.45, 2.75) is 30.6 Å². The first-order chi connectivity index (χ1) is 9.04. The van der Waals surface area contributed by atoms with Gasteiger partial charge in [0, 0.05) is 17.0 Å². The minimum absolute atomic E-state index is 0.176. The normalized spacial score (nSPS) is 17.6. The van der Waals surface area contributed by atoms with Gasteiger partial charge in [-0.05, 0) is 43.7 Å². The zero-order valence-corrected chi connectivity index (χ0v) is 12.1. The summed E-state index contributed by atoms with van der Waals surface area (Å²) in [6, 6.07) is 7.03. The number of amides is 2. The van der Waals surface area contributed by atoms with Crippen LogP contribution in [-0.4, -0.2) is 28.7 Å². The second-order valence-corrected chi connectivity index (χ2v) is 6.27. The molecule has 1 saturated carbocycles. The van der Waals surface area contributed by atoms with Crippen LogP contribution in [0.25, 0.3) is 0 Å². The number of urea groups is 1. The SMILES string of the molecule is CSC1(CNC(=O)Nc2ccc(C(C)O)cc2)CC1. The fourth-order valence-corrected chi connectivity index (χ4v) is 2.58. The van der Waals surface area contributed by atoms with Crippen molar-refractivity contribution < 1.29 is 9.90 Å². The van der Waals surface area contributed by atoms with Crippen molar-refractivity contribution in [3.63, 3.8) is 0 Å². The van der Waals surface area contributed by atoms with E-state index in [2.05, 4.69) is 16.9 Å². The van der Waals surface area contributed by atoms with E-state index >= 15 is 0 Å². The van der Waals surface area contributed by atoms with Crippen molar-refractivity contribution in [2.75, 3.05) is 18.1 Å². The van der Waals surface area contributed by atoms with Gasteiger partial charge in [-0.25, -0.2) is 4.79 Å². The molecule has 1 unspecified atom stereocenters. The first-order valence-corrected chi connectivity index (χ1v) is 7.65. The summed E-state index contributed by atoms with van der Waals surface area (Å²) in [6.07, 6.45) is 3.95. The number of rotatable bonds is 5. The lowest BCUT2D eigenvalue weighted by molar-refractivity contribution is 0.199. The molecule has 0 saturated heterocycles. The predicted molar refractivity (Wildman–Crippen MR) is 79.6 cm³/mol. The Hall–Kier alpha value is -1.20. The van der Waals surface area contributed by atoms with Crippen LogP contribution in [0, 0.1) is 0 Å². The van der Waals surface area contributed by atoms with E-state index in [9.17, 15) is 9.90 Å². The van der Waals surface area contributed by atoms with Gasteiger partial charge in [0.25, 0.3) is 0 Å². The molecule has 2 amide bonds. The average Bonchev–Trinajstić information content (AvgIpc) is 3.18. The topological polar surface area (TPSA) is 61.4 Å². The van der Waals surface area contributed by atoms with Crippen molar-refractivity contribution in [3.05, 3.63) is 29.8 Å². The van der Waals surface area contributed by atoms with Crippen LogP contribution in [0.1, 0.15) is 31.4 Å². The van der Waals surface area contributed by atoms with Crippen LogP contribution in [-0.2, 0) is 0 Å². The molecule has 1 aliphatic carbocycles. The van der Waals surface area contributed by atoms with Crippen LogP contribution in [0.5, 0.6) is 0 Å². The monoisotopic (exact) mass is 280 g/mol. The first kappa shape index (κ1) is 14.2. The molecular weight excluding hydrogens is 260 g/mol. The Morgan fingerprint density at radius 3 is 2.53 bits per heavy atom. The minimum atomic E-state index is -0.487. The number of carbonyl (C=O) groups excluding carboxylic acids is 1. The van der Waals surface area contributed by atoms with Gasteiger partial charge in [-0.3, -0.25) is 0 Å². The lowest BCUT2D eigenvalue weighted by Gasteiger charge is -2.14. The second-order valence-electron chi connectivity index (χ2n) is 4.99. The highest BCUT2D eigenvalue weighted by atomic mass is 32.2. The third-order valence-electron chi connectivity index (χ3n) is 3.46. The smallest absolute Gasteiger partial charge is 0.319 e. The van der Waals surface area contributed by atoms with E-state index < -0.39 is 6.10 Å². The van der Waals surface area contributed by atoms with Crippen molar-refractivity contribution in [2.24, 2.45) is 0 Å². The molecule has 1 fully saturated rings. The van der Waals surface area contributed by atoms with Gasteiger partial charge in [-0.1, -0.05) is 12.1 Å². The molecular formula is C14H20N2O2S. The Labute approximate surface area is 118 Å². The number of aliphatic hydroxyl groups excluding tert-OH is 1. The van der Waals surface area contributed by atoms with E-state index in [4.69, 9.17) is 0 Å². The van der Waals surface area contributed by atoms with Crippen LogP contribution < -0.4 is 10.6 Å². The number of benzene rings is 1. The van der Waals surface area contributed by atoms with Crippen molar-refractivity contribution in [1.82, 2.24) is 5.32 Å². The highest BCUT2D eigenvalue weighted by Gasteiger charge is 2.41. The van der Waals surface area contributed by atoms with E-state index in [1.165, 1.54) is 12.8 Å². The maximum atomic E-state index is 11.7. The molecule has 0 aromatic heterocycles. The summed E-state index contributed by atoms with van der Waals surface area (Å²) >= 11 is 1.82. The number of aliphatic hydroxyl groups is 1. The number of nitrogens with one attached hydrogen (secondary N) is 2. The zero-order chi connectivity index (χ0) is 13.9. The van der Waals surface area contributed by atoms with Gasteiger partial charge in [0.1, 0.15) is 0 Å². The molecule has 1 aromatic rings. The van der Waals surface area contributed by atoms with Crippen LogP contribution in [0.15, 0.2) is 24.3 Å². The van der Waals surface area contributed by atoms with E-state index in [0.29, 0.717) is 6.54 Å². The van der Waals surface area contributed by atoms with Crippen molar-refractivity contribution in [3.8, 4) is 0 Å². The molecule has 19 heavy (non-hydrogen) atoms. The van der Waals surface area contributed by atoms with Gasteiger partial charge < -0.3 is 15.7 Å². The van der Waals surface area contributed by atoms with Crippen LogP contribution in [0.4, 0.5) is 10.5 Å². The molecule has 3 N–H and O–H groups in total. The fraction of sp³-hybridized carbons (Fsp3) is 0.500. The summed E-state index contributed by atoms with van der Waals surface area (Å²) in [7, 11) is 0. The highest BCUT2D eigenvalue weighted by Crippen LogP contribution is 2.46. The summed E-state index contributed by atoms with van der Waals surface area (Å²) in [6.45, 7) is 2.43. The van der Waals surface area contributed by atoms with Gasteiger partial charge in [0.2, 0.25) is 0 Å². The van der Waals surface area contributed by atoms with Crippen molar-refractivity contribution >= 4 is 23.5 Å². The van der Waals surface area contributed by atoms with Crippen LogP contribution >= 0.6 is 11.8 Å². The first-order valence-electron chi connectivity index (χ1n) is 6.43. The number of anilines is 1. The number of hydrogen-bond acceptors (Lipinski definition) is 3. The third kappa shape index (κ3) is 3.88. The number of carbonyl (C=O) groups is 1. The summed E-state index contributed by atoms with van der Waals surface area (Å²) < 4.78 is 0.271. The predicted octanol–water partition coefficient (Wildman–Crippen LogP) is 2.76. The van der Waals surface area contributed by atoms with Gasteiger partial charge in [0.05, 0.1) is 6.10 Å². The quantitative estimate of drug-likeness (QED) is 0.777. The third-order valence-corrected chi connectivity index (χ3v) is 4.88. The summed E-state index contributed by atoms with van der Waals surface area (Å²) in [5.41, 5.74) is 1.57. The van der Waals surface area contributed by atoms with Gasteiger partial charge in [0.15, 0.2) is 0 Å². The molecule has 4 nitrogen and oxygen atoms in total. The number of thioether (sulfide) groups is 1. The van der Waals surface area contributed by atoms with Gasteiger partial charge in [-0.15, -0.1) is 0 Å². The Morgan fingerprint density at radius 1 is 1.42 bits per heavy atom. The summed E-state index contributed by atoms with van der Waals surface area (Å²) in [5, 5.41) is 15.1. The fourth-order valence-electron chi connectivity index (χ4n) is 1.85. The molecule has 1 aromatic carbocycles. The van der Waals surface area contributed by atoms with Gasteiger partial charge >= 0.3 is 6.03 Å². The highest BCUT2D eigenvalue weighted by molar-refractivity contribution is 8.00. The largest absolute Gasteiger partial charge is 0.389 e. The molecule has 104 valence electrons. The van der Waals surface area contributed by atoms with Gasteiger partial charge in [-0.2, -0.15) is 11.8 Å². The molecule has 0 heterocycles. The molecule has 1 atom stereocenters. The lowest BCUT2D eigenvalue weighted by Crippen LogP contribution is -2.35. The van der Waals surface area contributed by atoms with E-state index in [-0.39, 0.29) is 10.8 Å². The molecule has 0 radical (unpaired) electrons. The van der Waals surface area contributed by atoms with Crippen molar-refractivity contribution in [1.29, 1.82) is 0 Å². The van der Waals surface area contributed by atoms with E-state index in [1.807, 2.05) is 23.9 Å². The Kier molecular flexibility index (Phi) is 4.37. The Morgan fingerprint density at radius 2 is 2.05 bits per heavy atom. The average molecular weight is 280 g/mol. The van der Waals surface area contributed by atoms with Crippen LogP contribution in [0.3, 0.4) is 0 Å². The second kappa shape index (κ2) is 5.84. The van der Waals surface area contributed by atoms with Crippen LogP contribution in [0.2, 0.25) is 0 Å². The Bertz CT molecular complexity index is 441. The maximum Gasteiger partial charge on any atom is 0.319 e. The molecule has 0 bridgehead atoms. The standard InChI is InChI=1S/C14H20N2O2S/c1-10(17)11-3-5-12(6-4-11)16-13(18)15-9-14(19-2)7-8-14/h3-6,10,17H,7-9H2,1-2H3,(H2,15,16,18). The molecule has 1 aliphatic rings. The summed E-state index contributed by atoms with van der Waals surface area (Å²) in [5.74, 6) is 0. The maximum absolute atomic E-state index is 11.7. The lowest BCUT2D eigenvalue weighted by atomic mass is 10.1. The Balaban J connectivity index is 1.81. The zero-order valence-electron chi connectivity index (χ0n) is 11.3. The molecule has 2 rings (SSSR count). The summed E-state index contributed by atoms with van der Waals surface area (Å²) in [4.78, 5) is 11.7. The van der Waals surface area contributed by atoms with E-state index in [0.717, 1.165) is 11.3 Å².